The molecule has 0 saturated heterocycles. The Morgan fingerprint density at radius 1 is 1.47 bits per heavy atom. The lowest BCUT2D eigenvalue weighted by molar-refractivity contribution is 0.621. The molecule has 2 rings (SSSR count). The van der Waals surface area contributed by atoms with Gasteiger partial charge in [-0.15, -0.1) is 5.10 Å². The highest BCUT2D eigenvalue weighted by molar-refractivity contribution is 9.10. The largest absolute Gasteiger partial charge is 0.379 e. The van der Waals surface area contributed by atoms with E-state index in [-0.39, 0.29) is 5.82 Å². The lowest BCUT2D eigenvalue weighted by Crippen LogP contribution is -2.00. The summed E-state index contributed by atoms with van der Waals surface area (Å²) in [4.78, 5) is 0. The molecule has 0 atom stereocenters. The summed E-state index contributed by atoms with van der Waals surface area (Å²) in [6, 6.07) is 4.90. The van der Waals surface area contributed by atoms with Gasteiger partial charge in [0.1, 0.15) is 5.82 Å². The first-order valence-corrected chi connectivity index (χ1v) is 5.83. The van der Waals surface area contributed by atoms with Gasteiger partial charge in [0.2, 0.25) is 0 Å². The average molecular weight is 288 g/mol. The zero-order chi connectivity index (χ0) is 10.7. The smallest absolute Gasteiger partial charge is 0.139 e. The van der Waals surface area contributed by atoms with Crippen LogP contribution in [0.4, 0.5) is 10.1 Å². The summed E-state index contributed by atoms with van der Waals surface area (Å²) in [6.07, 6.45) is 0. The number of hydrogen-bond acceptors (Lipinski definition) is 4. The Balaban J connectivity index is 2.02. The monoisotopic (exact) mass is 287 g/mol. The topological polar surface area (TPSA) is 37.8 Å². The van der Waals surface area contributed by atoms with Crippen molar-refractivity contribution in [2.24, 2.45) is 0 Å². The predicted octanol–water partition coefficient (Wildman–Crippen LogP) is 3.05. The number of nitrogens with one attached hydrogen (secondary N) is 1. The van der Waals surface area contributed by atoms with Gasteiger partial charge in [0.05, 0.1) is 16.7 Å². The van der Waals surface area contributed by atoms with E-state index in [1.165, 1.54) is 17.6 Å². The lowest BCUT2D eigenvalue weighted by Gasteiger charge is -2.04. The third-order valence-corrected chi connectivity index (χ3v) is 2.99. The standard InChI is InChI=1S/C9H7BrFN3S/c10-8-2-1-6(3-9(8)11)12-4-7-5-15-14-13-7/h1-3,5,12H,4H2. The Kier molecular flexibility index (Phi) is 3.27. The first-order valence-electron chi connectivity index (χ1n) is 4.20. The van der Waals surface area contributed by atoms with Crippen LogP contribution in [0.1, 0.15) is 5.69 Å². The summed E-state index contributed by atoms with van der Waals surface area (Å²) in [5.74, 6) is -0.281. The van der Waals surface area contributed by atoms with Gasteiger partial charge in [-0.25, -0.2) is 4.39 Å². The highest BCUT2D eigenvalue weighted by atomic mass is 79.9. The number of anilines is 1. The molecule has 1 heterocycles. The van der Waals surface area contributed by atoms with E-state index in [0.717, 1.165) is 11.4 Å². The molecule has 0 unspecified atom stereocenters. The van der Waals surface area contributed by atoms with Crippen molar-refractivity contribution in [1.82, 2.24) is 9.59 Å². The second-order valence-electron chi connectivity index (χ2n) is 2.88. The molecule has 78 valence electrons. The maximum Gasteiger partial charge on any atom is 0.139 e. The zero-order valence-electron chi connectivity index (χ0n) is 7.58. The second-order valence-corrected chi connectivity index (χ2v) is 4.34. The second kappa shape index (κ2) is 4.67. The molecule has 0 radical (unpaired) electrons. The van der Waals surface area contributed by atoms with Crippen LogP contribution in [-0.4, -0.2) is 9.59 Å². The van der Waals surface area contributed by atoms with Crippen molar-refractivity contribution in [2.45, 2.75) is 6.54 Å². The number of benzene rings is 1. The fourth-order valence-electron chi connectivity index (χ4n) is 1.06. The Morgan fingerprint density at radius 2 is 2.33 bits per heavy atom. The van der Waals surface area contributed by atoms with Crippen molar-refractivity contribution in [2.75, 3.05) is 5.32 Å². The Bertz CT molecular complexity index is 447. The molecule has 6 heteroatoms. The molecular formula is C9H7BrFN3S. The fourth-order valence-corrected chi connectivity index (χ4v) is 1.76. The molecule has 1 aromatic carbocycles. The molecule has 0 amide bonds. The summed E-state index contributed by atoms with van der Waals surface area (Å²) in [5, 5.41) is 8.78. The van der Waals surface area contributed by atoms with Crippen LogP contribution in [0.15, 0.2) is 28.1 Å². The molecule has 15 heavy (non-hydrogen) atoms. The van der Waals surface area contributed by atoms with Crippen LogP contribution in [0.3, 0.4) is 0 Å². The third kappa shape index (κ3) is 2.73. The SMILES string of the molecule is Fc1cc(NCc2csnn2)ccc1Br. The van der Waals surface area contributed by atoms with E-state index in [9.17, 15) is 4.39 Å². The Hall–Kier alpha value is -1.01. The van der Waals surface area contributed by atoms with Gasteiger partial charge in [-0.05, 0) is 45.7 Å². The van der Waals surface area contributed by atoms with Crippen molar-refractivity contribution in [3.8, 4) is 0 Å². The normalized spacial score (nSPS) is 10.3. The molecule has 3 nitrogen and oxygen atoms in total. The molecule has 0 aliphatic carbocycles. The van der Waals surface area contributed by atoms with Gasteiger partial charge < -0.3 is 5.32 Å². The summed E-state index contributed by atoms with van der Waals surface area (Å²) in [5.41, 5.74) is 1.58. The van der Waals surface area contributed by atoms with Gasteiger partial charge in [0.25, 0.3) is 0 Å². The maximum atomic E-state index is 13.1. The van der Waals surface area contributed by atoms with E-state index in [0.29, 0.717) is 11.0 Å². The Labute approximate surface area is 98.6 Å². The highest BCUT2D eigenvalue weighted by Crippen LogP contribution is 2.19. The number of nitrogens with zero attached hydrogens (tertiary/aromatic N) is 2. The van der Waals surface area contributed by atoms with Crippen molar-refractivity contribution >= 4 is 33.1 Å². The summed E-state index contributed by atoms with van der Waals surface area (Å²) in [7, 11) is 0. The number of aromatic nitrogens is 2. The van der Waals surface area contributed by atoms with E-state index in [4.69, 9.17) is 0 Å². The van der Waals surface area contributed by atoms with Crippen LogP contribution < -0.4 is 5.32 Å². The Morgan fingerprint density at radius 3 is 3.00 bits per heavy atom. The molecule has 0 bridgehead atoms. The van der Waals surface area contributed by atoms with Crippen LogP contribution >= 0.6 is 27.5 Å². The minimum absolute atomic E-state index is 0.281. The van der Waals surface area contributed by atoms with Crippen LogP contribution in [0.5, 0.6) is 0 Å². The molecule has 0 fully saturated rings. The van der Waals surface area contributed by atoms with Crippen LogP contribution in [0, 0.1) is 5.82 Å². The molecule has 2 aromatic rings. The maximum absolute atomic E-state index is 13.1. The van der Waals surface area contributed by atoms with Crippen LogP contribution in [0.2, 0.25) is 0 Å². The van der Waals surface area contributed by atoms with Crippen molar-refractivity contribution in [3.63, 3.8) is 0 Å². The van der Waals surface area contributed by atoms with E-state index in [1.807, 2.05) is 5.38 Å². The summed E-state index contributed by atoms with van der Waals surface area (Å²) in [6.45, 7) is 0.553. The summed E-state index contributed by atoms with van der Waals surface area (Å²) >= 11 is 4.39. The lowest BCUT2D eigenvalue weighted by atomic mass is 10.3. The zero-order valence-corrected chi connectivity index (χ0v) is 9.98. The van der Waals surface area contributed by atoms with Gasteiger partial charge >= 0.3 is 0 Å². The van der Waals surface area contributed by atoms with Crippen LogP contribution in [-0.2, 0) is 6.54 Å². The van der Waals surface area contributed by atoms with Gasteiger partial charge in [-0.1, -0.05) is 4.49 Å². The fraction of sp³-hybridized carbons (Fsp3) is 0.111. The van der Waals surface area contributed by atoms with E-state index in [1.54, 1.807) is 12.1 Å². The van der Waals surface area contributed by atoms with E-state index < -0.39 is 0 Å². The van der Waals surface area contributed by atoms with E-state index in [2.05, 4.69) is 30.8 Å². The van der Waals surface area contributed by atoms with Crippen molar-refractivity contribution < 1.29 is 4.39 Å². The van der Waals surface area contributed by atoms with Gasteiger partial charge in [0.15, 0.2) is 0 Å². The minimum Gasteiger partial charge on any atom is -0.379 e. The van der Waals surface area contributed by atoms with Crippen molar-refractivity contribution in [3.05, 3.63) is 39.6 Å². The minimum atomic E-state index is -0.281. The molecule has 1 N–H and O–H groups in total. The van der Waals surface area contributed by atoms with Crippen LogP contribution in [0.25, 0.3) is 0 Å². The molecule has 0 aliphatic heterocycles. The van der Waals surface area contributed by atoms with Crippen molar-refractivity contribution in [1.29, 1.82) is 0 Å². The van der Waals surface area contributed by atoms with Gasteiger partial charge in [-0.3, -0.25) is 0 Å². The molecule has 0 aliphatic rings. The van der Waals surface area contributed by atoms with E-state index >= 15 is 0 Å². The van der Waals surface area contributed by atoms with Gasteiger partial charge in [-0.2, -0.15) is 0 Å². The number of halogens is 2. The predicted molar refractivity (Wildman–Crippen MR) is 61.3 cm³/mol. The summed E-state index contributed by atoms with van der Waals surface area (Å²) < 4.78 is 17.3. The highest BCUT2D eigenvalue weighted by Gasteiger charge is 2.01. The third-order valence-electron chi connectivity index (χ3n) is 1.80. The molecule has 1 aromatic heterocycles. The first kappa shape index (κ1) is 10.5. The van der Waals surface area contributed by atoms with Gasteiger partial charge in [0, 0.05) is 11.1 Å². The average Bonchev–Trinajstić information content (AvgIpc) is 2.73. The molecule has 0 saturated carbocycles. The number of hydrogen-bond donors (Lipinski definition) is 1. The molecular weight excluding hydrogens is 281 g/mol. The first-order chi connectivity index (χ1) is 7.25. The quantitative estimate of drug-likeness (QED) is 0.943. The molecule has 0 spiro atoms. The number of rotatable bonds is 3.